The molecule has 1 fully saturated rings. The molecule has 1 atom stereocenters. The van der Waals surface area contributed by atoms with Crippen LogP contribution in [0.2, 0.25) is 0 Å². The van der Waals surface area contributed by atoms with Crippen molar-refractivity contribution >= 4 is 15.8 Å². The van der Waals surface area contributed by atoms with Gasteiger partial charge in [-0.25, -0.2) is 18.4 Å². The summed E-state index contributed by atoms with van der Waals surface area (Å²) in [6, 6.07) is 7.87. The second-order valence-corrected chi connectivity index (χ2v) is 8.68. The van der Waals surface area contributed by atoms with Crippen LogP contribution in [-0.2, 0) is 16.4 Å². The summed E-state index contributed by atoms with van der Waals surface area (Å²) < 4.78 is 28.7. The highest BCUT2D eigenvalue weighted by Gasteiger charge is 2.28. The largest absolute Gasteiger partial charge is 0.444 e. The zero-order valence-electron chi connectivity index (χ0n) is 15.0. The van der Waals surface area contributed by atoms with Gasteiger partial charge in [0.1, 0.15) is 12.0 Å². The standard InChI is InChI=1S/C18H24N4O3S/c1-3-19-18(22-15-8-9-26(23,24)12-15)20-10-16-11-25-17(21-16)14-6-4-13(2)5-7-14/h4-7,11,15H,3,8-10,12H2,1-2H3,(H2,19,20,22). The molecule has 1 aliphatic rings. The molecule has 1 saturated heterocycles. The molecule has 0 bridgehead atoms. The van der Waals surface area contributed by atoms with Crippen molar-refractivity contribution < 1.29 is 12.8 Å². The third-order valence-electron chi connectivity index (χ3n) is 4.17. The van der Waals surface area contributed by atoms with Gasteiger partial charge in [0.15, 0.2) is 15.8 Å². The number of benzene rings is 1. The maximum Gasteiger partial charge on any atom is 0.226 e. The van der Waals surface area contributed by atoms with Crippen molar-refractivity contribution in [3.63, 3.8) is 0 Å². The van der Waals surface area contributed by atoms with Gasteiger partial charge in [0, 0.05) is 18.2 Å². The minimum absolute atomic E-state index is 0.0989. The van der Waals surface area contributed by atoms with Gasteiger partial charge in [0.2, 0.25) is 5.89 Å². The number of sulfone groups is 1. The summed E-state index contributed by atoms with van der Waals surface area (Å²) in [6.45, 7) is 5.04. The summed E-state index contributed by atoms with van der Waals surface area (Å²) >= 11 is 0. The van der Waals surface area contributed by atoms with Crippen LogP contribution in [0.1, 0.15) is 24.6 Å². The van der Waals surface area contributed by atoms with Crippen LogP contribution in [0.5, 0.6) is 0 Å². The second kappa shape index (κ2) is 7.90. The number of hydrogen-bond donors (Lipinski definition) is 2. The van der Waals surface area contributed by atoms with Gasteiger partial charge < -0.3 is 15.1 Å². The maximum atomic E-state index is 11.6. The van der Waals surface area contributed by atoms with E-state index in [2.05, 4.69) is 20.6 Å². The van der Waals surface area contributed by atoms with Crippen LogP contribution in [0.25, 0.3) is 11.5 Å². The fourth-order valence-electron chi connectivity index (χ4n) is 2.79. The van der Waals surface area contributed by atoms with Gasteiger partial charge in [-0.3, -0.25) is 0 Å². The van der Waals surface area contributed by atoms with Gasteiger partial charge >= 0.3 is 0 Å². The highest BCUT2D eigenvalue weighted by Crippen LogP contribution is 2.19. The van der Waals surface area contributed by atoms with E-state index in [1.807, 2.05) is 38.1 Å². The number of oxazole rings is 1. The molecular formula is C18H24N4O3S. The van der Waals surface area contributed by atoms with E-state index in [1.165, 1.54) is 5.56 Å². The number of aryl methyl sites for hydroxylation is 1. The average Bonchev–Trinajstić information content (AvgIpc) is 3.20. The van der Waals surface area contributed by atoms with Gasteiger partial charge in [-0.2, -0.15) is 0 Å². The van der Waals surface area contributed by atoms with Crippen molar-refractivity contribution in [1.29, 1.82) is 0 Å². The van der Waals surface area contributed by atoms with Crippen LogP contribution in [0.15, 0.2) is 39.9 Å². The molecule has 26 heavy (non-hydrogen) atoms. The van der Waals surface area contributed by atoms with E-state index in [4.69, 9.17) is 4.42 Å². The van der Waals surface area contributed by atoms with Crippen molar-refractivity contribution in [2.45, 2.75) is 32.9 Å². The lowest BCUT2D eigenvalue weighted by Gasteiger charge is -2.15. The van der Waals surface area contributed by atoms with Crippen molar-refractivity contribution in [1.82, 2.24) is 15.6 Å². The number of aromatic nitrogens is 1. The molecule has 2 N–H and O–H groups in total. The lowest BCUT2D eigenvalue weighted by Crippen LogP contribution is -2.44. The molecule has 1 unspecified atom stereocenters. The van der Waals surface area contributed by atoms with E-state index in [0.717, 1.165) is 11.3 Å². The first-order valence-electron chi connectivity index (χ1n) is 8.72. The summed E-state index contributed by atoms with van der Waals surface area (Å²) in [5, 5.41) is 6.33. The molecule has 0 aliphatic carbocycles. The molecule has 2 aromatic rings. The molecule has 1 aromatic heterocycles. The Kier molecular flexibility index (Phi) is 5.61. The lowest BCUT2D eigenvalue weighted by molar-refractivity contribution is 0.572. The third kappa shape index (κ3) is 4.85. The molecule has 8 heteroatoms. The predicted octanol–water partition coefficient (Wildman–Crippen LogP) is 1.89. The number of nitrogens with one attached hydrogen (secondary N) is 2. The zero-order valence-corrected chi connectivity index (χ0v) is 15.8. The van der Waals surface area contributed by atoms with E-state index < -0.39 is 9.84 Å². The smallest absolute Gasteiger partial charge is 0.226 e. The van der Waals surface area contributed by atoms with Crippen molar-refractivity contribution in [3.05, 3.63) is 41.8 Å². The summed E-state index contributed by atoms with van der Waals surface area (Å²) in [5.74, 6) is 1.54. The summed E-state index contributed by atoms with van der Waals surface area (Å²) in [5.41, 5.74) is 2.82. The topological polar surface area (TPSA) is 96.6 Å². The Morgan fingerprint density at radius 3 is 2.77 bits per heavy atom. The Morgan fingerprint density at radius 2 is 2.12 bits per heavy atom. The van der Waals surface area contributed by atoms with Gasteiger partial charge in [-0.1, -0.05) is 17.7 Å². The van der Waals surface area contributed by atoms with Gasteiger partial charge in [0.25, 0.3) is 0 Å². The first-order chi connectivity index (χ1) is 12.4. The molecule has 7 nitrogen and oxygen atoms in total. The van der Waals surface area contributed by atoms with Crippen LogP contribution in [0.4, 0.5) is 0 Å². The quantitative estimate of drug-likeness (QED) is 0.611. The number of hydrogen-bond acceptors (Lipinski definition) is 5. The maximum absolute atomic E-state index is 11.6. The molecule has 2 heterocycles. The molecule has 0 amide bonds. The van der Waals surface area contributed by atoms with Crippen LogP contribution in [0.3, 0.4) is 0 Å². The summed E-state index contributed by atoms with van der Waals surface area (Å²) in [6.07, 6.45) is 2.20. The minimum Gasteiger partial charge on any atom is -0.444 e. The number of aliphatic imine (C=N–C) groups is 1. The van der Waals surface area contributed by atoms with E-state index in [1.54, 1.807) is 6.26 Å². The fraction of sp³-hybridized carbons (Fsp3) is 0.444. The van der Waals surface area contributed by atoms with Crippen LogP contribution >= 0.6 is 0 Å². The Bertz CT molecular complexity index is 872. The van der Waals surface area contributed by atoms with Crippen LogP contribution in [-0.4, -0.2) is 43.5 Å². The SMILES string of the molecule is CCNC(=NCc1coc(-c2ccc(C)cc2)n1)NC1CCS(=O)(=O)C1. The minimum atomic E-state index is -2.93. The average molecular weight is 376 g/mol. The highest BCUT2D eigenvalue weighted by atomic mass is 32.2. The van der Waals surface area contributed by atoms with Crippen molar-refractivity contribution in [2.75, 3.05) is 18.1 Å². The highest BCUT2D eigenvalue weighted by molar-refractivity contribution is 7.91. The van der Waals surface area contributed by atoms with Crippen molar-refractivity contribution in [3.8, 4) is 11.5 Å². The van der Waals surface area contributed by atoms with Crippen LogP contribution in [0, 0.1) is 6.92 Å². The number of rotatable bonds is 5. The lowest BCUT2D eigenvalue weighted by atomic mass is 10.1. The number of guanidine groups is 1. The predicted molar refractivity (Wildman–Crippen MR) is 102 cm³/mol. The van der Waals surface area contributed by atoms with Crippen LogP contribution < -0.4 is 10.6 Å². The molecule has 0 spiro atoms. The molecule has 140 valence electrons. The summed E-state index contributed by atoms with van der Waals surface area (Å²) in [4.78, 5) is 8.97. The summed E-state index contributed by atoms with van der Waals surface area (Å²) in [7, 11) is -2.93. The van der Waals surface area contributed by atoms with E-state index in [-0.39, 0.29) is 17.5 Å². The van der Waals surface area contributed by atoms with E-state index in [0.29, 0.717) is 31.4 Å². The van der Waals surface area contributed by atoms with E-state index in [9.17, 15) is 8.42 Å². The monoisotopic (exact) mass is 376 g/mol. The van der Waals surface area contributed by atoms with E-state index >= 15 is 0 Å². The Hall–Kier alpha value is -2.35. The van der Waals surface area contributed by atoms with Crippen molar-refractivity contribution in [2.24, 2.45) is 4.99 Å². The third-order valence-corrected chi connectivity index (χ3v) is 5.93. The van der Waals surface area contributed by atoms with Gasteiger partial charge in [-0.15, -0.1) is 0 Å². The zero-order chi connectivity index (χ0) is 18.6. The Morgan fingerprint density at radius 1 is 1.35 bits per heavy atom. The molecule has 0 saturated carbocycles. The first-order valence-corrected chi connectivity index (χ1v) is 10.5. The van der Waals surface area contributed by atoms with Gasteiger partial charge in [0.05, 0.1) is 18.1 Å². The molecule has 1 aliphatic heterocycles. The van der Waals surface area contributed by atoms with Gasteiger partial charge in [-0.05, 0) is 32.4 Å². The second-order valence-electron chi connectivity index (χ2n) is 6.45. The number of nitrogens with zero attached hydrogens (tertiary/aromatic N) is 2. The molecule has 0 radical (unpaired) electrons. The first kappa shape index (κ1) is 18.4. The molecular weight excluding hydrogens is 352 g/mol. The molecule has 1 aromatic carbocycles. The Labute approximate surface area is 153 Å². The normalized spacial score (nSPS) is 19.5. The fourth-order valence-corrected chi connectivity index (χ4v) is 4.46. The Balaban J connectivity index is 1.65. The molecule has 3 rings (SSSR count).